The molecule has 0 unspecified atom stereocenters. The summed E-state index contributed by atoms with van der Waals surface area (Å²) in [6.07, 6.45) is 0.492. The normalized spacial score (nSPS) is 19.2. The van der Waals surface area contributed by atoms with Gasteiger partial charge < -0.3 is 10.1 Å². The molecule has 1 amide bonds. The van der Waals surface area contributed by atoms with Crippen molar-refractivity contribution < 1.29 is 22.9 Å². The molecule has 1 N–H and O–H groups in total. The zero-order valence-corrected chi connectivity index (χ0v) is 14.2. The number of likely N-dealkylation sites (N-methyl/N-ethyl adjacent to an activating group) is 1. The summed E-state index contributed by atoms with van der Waals surface area (Å²) in [5.74, 6) is 0.0693. The highest BCUT2D eigenvalue weighted by atomic mass is 32.2. The van der Waals surface area contributed by atoms with E-state index < -0.39 is 20.7 Å². The van der Waals surface area contributed by atoms with Crippen LogP contribution in [0.1, 0.15) is 6.42 Å². The van der Waals surface area contributed by atoms with E-state index in [1.807, 2.05) is 0 Å². The van der Waals surface area contributed by atoms with Gasteiger partial charge in [-0.15, -0.1) is 0 Å². The van der Waals surface area contributed by atoms with Crippen LogP contribution in [-0.4, -0.2) is 62.4 Å². The predicted molar refractivity (Wildman–Crippen MR) is 88.0 cm³/mol. The molecule has 1 aromatic carbocycles. The van der Waals surface area contributed by atoms with E-state index in [1.54, 1.807) is 11.9 Å². The number of nitrogens with zero attached hydrogens (tertiary/aromatic N) is 2. The molecule has 0 spiro atoms. The molecule has 0 saturated carbocycles. The van der Waals surface area contributed by atoms with Crippen molar-refractivity contribution in [2.45, 2.75) is 12.5 Å². The third-order valence-corrected chi connectivity index (χ3v) is 5.64. The number of methoxy groups -OCH3 is 1. The van der Waals surface area contributed by atoms with Crippen molar-refractivity contribution in [3.8, 4) is 5.75 Å². The van der Waals surface area contributed by atoms with Crippen molar-refractivity contribution in [3.05, 3.63) is 28.3 Å². The lowest BCUT2D eigenvalue weighted by molar-refractivity contribution is -0.384. The van der Waals surface area contributed by atoms with E-state index >= 15 is 0 Å². The number of sulfone groups is 1. The van der Waals surface area contributed by atoms with Crippen LogP contribution in [0.2, 0.25) is 0 Å². The monoisotopic (exact) mass is 357 g/mol. The number of hydrogen-bond donors (Lipinski definition) is 1. The van der Waals surface area contributed by atoms with Gasteiger partial charge in [0.2, 0.25) is 5.91 Å². The molecule has 0 radical (unpaired) electrons. The standard InChI is InChI=1S/C14H19N3O6S/c1-16(11-5-6-24(21,22)9-11)8-14(18)15-12-7-10(17(19)20)3-4-13(12)23-2/h3-4,7,11H,5-6,8-9H2,1-2H3,(H,15,18)/t11-/m0/s1. The molecular weight excluding hydrogens is 338 g/mol. The minimum absolute atomic E-state index is 0.0218. The first-order valence-corrected chi connectivity index (χ1v) is 9.07. The van der Waals surface area contributed by atoms with Crippen LogP contribution in [0.25, 0.3) is 0 Å². The summed E-state index contributed by atoms with van der Waals surface area (Å²) in [6.45, 7) is -0.0218. The second kappa shape index (κ2) is 7.14. The quantitative estimate of drug-likeness (QED) is 0.587. The van der Waals surface area contributed by atoms with Crippen LogP contribution in [0.4, 0.5) is 11.4 Å². The van der Waals surface area contributed by atoms with Gasteiger partial charge in [-0.05, 0) is 19.5 Å². The molecule has 1 aliphatic rings. The van der Waals surface area contributed by atoms with Crippen molar-refractivity contribution in [3.63, 3.8) is 0 Å². The van der Waals surface area contributed by atoms with Gasteiger partial charge in [-0.3, -0.25) is 19.8 Å². The highest BCUT2D eigenvalue weighted by molar-refractivity contribution is 7.91. The first kappa shape index (κ1) is 18.1. The van der Waals surface area contributed by atoms with Crippen LogP contribution in [0.15, 0.2) is 18.2 Å². The fraction of sp³-hybridized carbons (Fsp3) is 0.500. The van der Waals surface area contributed by atoms with Gasteiger partial charge in [0.05, 0.1) is 35.8 Å². The van der Waals surface area contributed by atoms with Crippen molar-refractivity contribution in [1.82, 2.24) is 4.90 Å². The minimum atomic E-state index is -3.03. The highest BCUT2D eigenvalue weighted by Gasteiger charge is 2.31. The Labute approximate surface area is 139 Å². The lowest BCUT2D eigenvalue weighted by Crippen LogP contribution is -2.38. The fourth-order valence-corrected chi connectivity index (χ4v) is 4.38. The van der Waals surface area contributed by atoms with Gasteiger partial charge >= 0.3 is 0 Å². The van der Waals surface area contributed by atoms with Crippen LogP contribution in [0.3, 0.4) is 0 Å². The maximum atomic E-state index is 12.2. The molecule has 1 atom stereocenters. The summed E-state index contributed by atoms with van der Waals surface area (Å²) in [5.41, 5.74) is 0.0329. The first-order chi connectivity index (χ1) is 11.2. The fourth-order valence-electron chi connectivity index (χ4n) is 2.58. The second-order valence-electron chi connectivity index (χ2n) is 5.66. The summed E-state index contributed by atoms with van der Waals surface area (Å²) in [7, 11) is 0.0422. The SMILES string of the molecule is COc1ccc([N+](=O)[O-])cc1NC(=O)CN(C)[C@H]1CCS(=O)(=O)C1. The van der Waals surface area contributed by atoms with Gasteiger partial charge in [0.25, 0.3) is 5.69 Å². The van der Waals surface area contributed by atoms with E-state index in [-0.39, 0.29) is 35.5 Å². The topological polar surface area (TPSA) is 119 Å². The number of nitrogens with one attached hydrogen (secondary N) is 1. The number of rotatable bonds is 6. The Morgan fingerprint density at radius 1 is 1.50 bits per heavy atom. The molecule has 0 aromatic heterocycles. The minimum Gasteiger partial charge on any atom is -0.495 e. The number of amides is 1. The van der Waals surface area contributed by atoms with Gasteiger partial charge in [0, 0.05) is 18.2 Å². The van der Waals surface area contributed by atoms with Crippen LogP contribution in [-0.2, 0) is 14.6 Å². The number of nitro benzene ring substituents is 1. The van der Waals surface area contributed by atoms with E-state index in [0.29, 0.717) is 12.2 Å². The Balaban J connectivity index is 2.04. The van der Waals surface area contributed by atoms with Crippen LogP contribution in [0.5, 0.6) is 5.75 Å². The van der Waals surface area contributed by atoms with Gasteiger partial charge in [-0.25, -0.2) is 8.42 Å². The van der Waals surface area contributed by atoms with Crippen molar-refractivity contribution in [2.24, 2.45) is 0 Å². The molecule has 2 rings (SSSR count). The number of benzene rings is 1. The van der Waals surface area contributed by atoms with Gasteiger partial charge in [-0.2, -0.15) is 0 Å². The van der Waals surface area contributed by atoms with E-state index in [2.05, 4.69) is 5.32 Å². The van der Waals surface area contributed by atoms with Crippen LogP contribution >= 0.6 is 0 Å². The van der Waals surface area contributed by atoms with Crippen LogP contribution < -0.4 is 10.1 Å². The molecule has 1 heterocycles. The second-order valence-corrected chi connectivity index (χ2v) is 7.89. The summed E-state index contributed by atoms with van der Waals surface area (Å²) in [6, 6.07) is 3.70. The van der Waals surface area contributed by atoms with Crippen LogP contribution in [0, 0.1) is 10.1 Å². The largest absolute Gasteiger partial charge is 0.495 e. The average Bonchev–Trinajstić information content (AvgIpc) is 2.87. The van der Waals surface area contributed by atoms with Gasteiger partial charge in [-0.1, -0.05) is 0 Å². The zero-order chi connectivity index (χ0) is 17.9. The van der Waals surface area contributed by atoms with Crippen molar-refractivity contribution in [1.29, 1.82) is 0 Å². The van der Waals surface area contributed by atoms with Gasteiger partial charge in [0.15, 0.2) is 9.84 Å². The molecule has 24 heavy (non-hydrogen) atoms. The van der Waals surface area contributed by atoms with Crippen molar-refractivity contribution >= 4 is 27.1 Å². The number of carbonyl (C=O) groups excluding carboxylic acids is 1. The van der Waals surface area contributed by atoms with Gasteiger partial charge in [0.1, 0.15) is 5.75 Å². The van der Waals surface area contributed by atoms with E-state index in [0.717, 1.165) is 0 Å². The molecule has 1 aromatic rings. The molecule has 1 fully saturated rings. The molecule has 0 bridgehead atoms. The Bertz CT molecular complexity index is 749. The summed E-state index contributed by atoms with van der Waals surface area (Å²) >= 11 is 0. The predicted octanol–water partition coefficient (Wildman–Crippen LogP) is 0.661. The summed E-state index contributed by atoms with van der Waals surface area (Å²) in [5, 5.41) is 13.4. The maximum absolute atomic E-state index is 12.2. The zero-order valence-electron chi connectivity index (χ0n) is 13.4. The summed E-state index contributed by atoms with van der Waals surface area (Å²) < 4.78 is 28.1. The van der Waals surface area contributed by atoms with E-state index in [4.69, 9.17) is 4.74 Å². The smallest absolute Gasteiger partial charge is 0.271 e. The molecule has 132 valence electrons. The Morgan fingerprint density at radius 2 is 2.21 bits per heavy atom. The number of anilines is 1. The molecular formula is C14H19N3O6S. The lowest BCUT2D eigenvalue weighted by Gasteiger charge is -2.22. The average molecular weight is 357 g/mol. The number of non-ortho nitro benzene ring substituents is 1. The number of hydrogen-bond acceptors (Lipinski definition) is 7. The molecule has 1 saturated heterocycles. The van der Waals surface area contributed by atoms with Crippen molar-refractivity contribution in [2.75, 3.05) is 37.5 Å². The van der Waals surface area contributed by atoms with E-state index in [1.165, 1.54) is 25.3 Å². The first-order valence-electron chi connectivity index (χ1n) is 7.25. The Morgan fingerprint density at radius 3 is 2.75 bits per heavy atom. The molecule has 9 nitrogen and oxygen atoms in total. The lowest BCUT2D eigenvalue weighted by atomic mass is 10.2. The third kappa shape index (κ3) is 4.42. The number of ether oxygens (including phenoxy) is 1. The number of nitro groups is 1. The highest BCUT2D eigenvalue weighted by Crippen LogP contribution is 2.28. The summed E-state index contributed by atoms with van der Waals surface area (Å²) in [4.78, 5) is 24.1. The molecule has 10 heteroatoms. The molecule has 1 aliphatic heterocycles. The molecule has 0 aliphatic carbocycles. The Hall–Kier alpha value is -2.20. The Kier molecular flexibility index (Phi) is 5.40. The number of carbonyl (C=O) groups is 1. The van der Waals surface area contributed by atoms with E-state index in [9.17, 15) is 23.3 Å². The third-order valence-electron chi connectivity index (χ3n) is 3.89. The maximum Gasteiger partial charge on any atom is 0.271 e.